The molecule has 0 heterocycles. The Morgan fingerprint density at radius 1 is 1.60 bits per heavy atom. The summed E-state index contributed by atoms with van der Waals surface area (Å²) in [6.45, 7) is 3.29. The van der Waals surface area contributed by atoms with Gasteiger partial charge in [-0.05, 0) is 5.18 Å². The summed E-state index contributed by atoms with van der Waals surface area (Å²) in [4.78, 5) is 20.1. The van der Waals surface area contributed by atoms with Crippen molar-refractivity contribution in [3.63, 3.8) is 0 Å². The average molecular weight is 143 g/mol. The van der Waals surface area contributed by atoms with Crippen LogP contribution in [0.15, 0.2) is 17.5 Å². The van der Waals surface area contributed by atoms with E-state index >= 15 is 0 Å². The fourth-order valence-corrected chi connectivity index (χ4v) is 0.394. The first kappa shape index (κ1) is 8.81. The van der Waals surface area contributed by atoms with Crippen molar-refractivity contribution in [3.05, 3.63) is 17.2 Å². The number of allylic oxidation sites excluding steroid dienone is 1. The first-order chi connectivity index (χ1) is 4.70. The molecule has 4 heteroatoms. The SMILES string of the molecule is C=C(CCC(=O)OC)N=O. The lowest BCUT2D eigenvalue weighted by Gasteiger charge is -1.94. The molecule has 0 bridgehead atoms. The van der Waals surface area contributed by atoms with E-state index in [9.17, 15) is 9.70 Å². The van der Waals surface area contributed by atoms with E-state index in [1.54, 1.807) is 0 Å². The van der Waals surface area contributed by atoms with Gasteiger partial charge in [-0.1, -0.05) is 6.58 Å². The van der Waals surface area contributed by atoms with Gasteiger partial charge in [0.2, 0.25) is 0 Å². The Morgan fingerprint density at radius 3 is 2.60 bits per heavy atom. The van der Waals surface area contributed by atoms with Crippen molar-refractivity contribution < 1.29 is 9.53 Å². The molecular weight excluding hydrogens is 134 g/mol. The monoisotopic (exact) mass is 143 g/mol. The van der Waals surface area contributed by atoms with Crippen molar-refractivity contribution >= 4 is 5.97 Å². The Bertz CT molecular complexity index is 153. The lowest BCUT2D eigenvalue weighted by Crippen LogP contribution is -1.99. The van der Waals surface area contributed by atoms with Crippen LogP contribution in [-0.4, -0.2) is 13.1 Å². The predicted molar refractivity (Wildman–Crippen MR) is 36.2 cm³/mol. The third kappa shape index (κ3) is 3.77. The third-order valence-electron chi connectivity index (χ3n) is 0.974. The molecule has 56 valence electrons. The highest BCUT2D eigenvalue weighted by Crippen LogP contribution is 2.02. The van der Waals surface area contributed by atoms with Crippen LogP contribution >= 0.6 is 0 Å². The molecule has 10 heavy (non-hydrogen) atoms. The standard InChI is InChI=1S/C6H9NO3/c1-5(7-9)3-4-6(8)10-2/h1,3-4H2,2H3. The topological polar surface area (TPSA) is 55.7 Å². The maximum absolute atomic E-state index is 10.4. The quantitative estimate of drug-likeness (QED) is 0.439. The summed E-state index contributed by atoms with van der Waals surface area (Å²) in [5.41, 5.74) is 0.172. The van der Waals surface area contributed by atoms with E-state index in [0.29, 0.717) is 0 Å². The highest BCUT2D eigenvalue weighted by molar-refractivity contribution is 5.69. The summed E-state index contributed by atoms with van der Waals surface area (Å²) in [6, 6.07) is 0. The highest BCUT2D eigenvalue weighted by atomic mass is 16.5. The minimum Gasteiger partial charge on any atom is -0.469 e. The van der Waals surface area contributed by atoms with Crippen molar-refractivity contribution in [2.24, 2.45) is 5.18 Å². The van der Waals surface area contributed by atoms with Crippen LogP contribution in [0.3, 0.4) is 0 Å². The minimum absolute atomic E-state index is 0.168. The van der Waals surface area contributed by atoms with E-state index in [4.69, 9.17) is 0 Å². The van der Waals surface area contributed by atoms with Gasteiger partial charge in [0.25, 0.3) is 0 Å². The van der Waals surface area contributed by atoms with Crippen LogP contribution in [0, 0.1) is 4.91 Å². The Kier molecular flexibility index (Phi) is 4.11. The van der Waals surface area contributed by atoms with Gasteiger partial charge in [-0.3, -0.25) is 4.79 Å². The van der Waals surface area contributed by atoms with Crippen LogP contribution in [0.1, 0.15) is 12.8 Å². The molecule has 0 aliphatic carbocycles. The van der Waals surface area contributed by atoms with Gasteiger partial charge in [0.05, 0.1) is 19.2 Å². The molecule has 0 radical (unpaired) electrons. The van der Waals surface area contributed by atoms with E-state index in [2.05, 4.69) is 16.5 Å². The molecule has 0 amide bonds. The number of hydrogen-bond donors (Lipinski definition) is 0. The third-order valence-corrected chi connectivity index (χ3v) is 0.974. The number of rotatable bonds is 4. The van der Waals surface area contributed by atoms with Gasteiger partial charge in [-0.15, -0.1) is 4.91 Å². The number of ether oxygens (including phenoxy) is 1. The molecule has 0 saturated carbocycles. The fourth-order valence-electron chi connectivity index (χ4n) is 0.394. The second-order valence-electron chi connectivity index (χ2n) is 1.73. The molecule has 0 unspecified atom stereocenters. The molecule has 0 aliphatic rings. The molecule has 0 aromatic heterocycles. The number of methoxy groups -OCH3 is 1. The van der Waals surface area contributed by atoms with Crippen LogP contribution in [0.4, 0.5) is 0 Å². The summed E-state index contributed by atoms with van der Waals surface area (Å²) >= 11 is 0. The number of nitroso groups, excluding NO2 is 1. The summed E-state index contributed by atoms with van der Waals surface area (Å²) in [7, 11) is 1.29. The Morgan fingerprint density at radius 2 is 2.20 bits per heavy atom. The zero-order valence-electron chi connectivity index (χ0n) is 5.79. The zero-order valence-corrected chi connectivity index (χ0v) is 5.79. The molecule has 0 rings (SSSR count). The van der Waals surface area contributed by atoms with Crippen molar-refractivity contribution in [2.75, 3.05) is 7.11 Å². The van der Waals surface area contributed by atoms with Crippen LogP contribution in [-0.2, 0) is 9.53 Å². The predicted octanol–water partition coefficient (Wildman–Crippen LogP) is 1.22. The number of carbonyl (C=O) groups is 1. The number of hydrogen-bond acceptors (Lipinski definition) is 4. The van der Waals surface area contributed by atoms with Gasteiger partial charge < -0.3 is 4.74 Å². The molecule has 0 N–H and O–H groups in total. The summed E-state index contributed by atoms with van der Waals surface area (Å²) in [6.07, 6.45) is 0.442. The van der Waals surface area contributed by atoms with Crippen molar-refractivity contribution in [3.8, 4) is 0 Å². The largest absolute Gasteiger partial charge is 0.469 e. The van der Waals surface area contributed by atoms with E-state index in [0.717, 1.165) is 0 Å². The second kappa shape index (κ2) is 4.67. The average Bonchev–Trinajstić information content (AvgIpc) is 1.99. The number of esters is 1. The number of carbonyl (C=O) groups excluding carboxylic acids is 1. The molecule has 0 spiro atoms. The van der Waals surface area contributed by atoms with Crippen LogP contribution in [0.5, 0.6) is 0 Å². The maximum Gasteiger partial charge on any atom is 0.305 e. The van der Waals surface area contributed by atoms with Gasteiger partial charge in [-0.25, -0.2) is 0 Å². The molecule has 0 aromatic rings. The lowest BCUT2D eigenvalue weighted by molar-refractivity contribution is -0.140. The Labute approximate surface area is 58.8 Å². The summed E-state index contributed by atoms with van der Waals surface area (Å²) in [5.74, 6) is -0.357. The first-order valence-electron chi connectivity index (χ1n) is 2.78. The first-order valence-corrected chi connectivity index (χ1v) is 2.78. The summed E-state index contributed by atoms with van der Waals surface area (Å²) < 4.78 is 4.32. The van der Waals surface area contributed by atoms with Gasteiger partial charge >= 0.3 is 5.97 Å². The van der Waals surface area contributed by atoms with Gasteiger partial charge in [0.1, 0.15) is 0 Å². The van der Waals surface area contributed by atoms with E-state index in [-0.39, 0.29) is 24.5 Å². The lowest BCUT2D eigenvalue weighted by atomic mass is 10.3. The molecule has 0 fully saturated rings. The Hall–Kier alpha value is -1.19. The van der Waals surface area contributed by atoms with E-state index < -0.39 is 0 Å². The fraction of sp³-hybridized carbons (Fsp3) is 0.500. The highest BCUT2D eigenvalue weighted by Gasteiger charge is 2.00. The Balaban J connectivity index is 3.44. The van der Waals surface area contributed by atoms with E-state index in [1.807, 2.05) is 0 Å². The van der Waals surface area contributed by atoms with Crippen LogP contribution < -0.4 is 0 Å². The summed E-state index contributed by atoms with van der Waals surface area (Å²) in [5, 5.41) is 2.54. The zero-order chi connectivity index (χ0) is 7.98. The minimum atomic E-state index is -0.357. The molecule has 0 saturated heterocycles. The normalized spacial score (nSPS) is 8.50. The van der Waals surface area contributed by atoms with Crippen molar-refractivity contribution in [2.45, 2.75) is 12.8 Å². The van der Waals surface area contributed by atoms with Crippen LogP contribution in [0.2, 0.25) is 0 Å². The van der Waals surface area contributed by atoms with Crippen LogP contribution in [0.25, 0.3) is 0 Å². The molecule has 4 nitrogen and oxygen atoms in total. The maximum atomic E-state index is 10.4. The van der Waals surface area contributed by atoms with Gasteiger partial charge in [-0.2, -0.15) is 0 Å². The number of nitrogens with zero attached hydrogens (tertiary/aromatic N) is 1. The molecule has 0 atom stereocenters. The van der Waals surface area contributed by atoms with Crippen molar-refractivity contribution in [1.29, 1.82) is 0 Å². The molecular formula is C6H9NO3. The smallest absolute Gasteiger partial charge is 0.305 e. The second-order valence-corrected chi connectivity index (χ2v) is 1.73. The van der Waals surface area contributed by atoms with Crippen molar-refractivity contribution in [1.82, 2.24) is 0 Å². The van der Waals surface area contributed by atoms with E-state index in [1.165, 1.54) is 7.11 Å². The van der Waals surface area contributed by atoms with Gasteiger partial charge in [0, 0.05) is 6.42 Å². The molecule has 0 aromatic carbocycles. The van der Waals surface area contributed by atoms with Gasteiger partial charge in [0.15, 0.2) is 0 Å². The molecule has 0 aliphatic heterocycles.